The molecule has 144 valence electrons. The van der Waals surface area contributed by atoms with Gasteiger partial charge < -0.3 is 4.57 Å². The molecule has 5 rings (SSSR count). The molecule has 29 heavy (non-hydrogen) atoms. The molecule has 0 N–H and O–H groups in total. The topological polar surface area (TPSA) is 78.5 Å². The lowest BCUT2D eigenvalue weighted by Crippen LogP contribution is -2.02. The molecule has 0 fully saturated rings. The van der Waals surface area contributed by atoms with Crippen molar-refractivity contribution < 1.29 is 4.79 Å². The van der Waals surface area contributed by atoms with Crippen LogP contribution in [0.5, 0.6) is 0 Å². The van der Waals surface area contributed by atoms with Crippen LogP contribution in [0.3, 0.4) is 0 Å². The number of hydrogen-bond donors (Lipinski definition) is 0. The van der Waals surface area contributed by atoms with Crippen LogP contribution < -0.4 is 0 Å². The Labute approximate surface area is 170 Å². The van der Waals surface area contributed by atoms with Crippen molar-refractivity contribution >= 4 is 38.5 Å². The number of nitrogens with zero attached hydrogens (tertiary/aromatic N) is 6. The van der Waals surface area contributed by atoms with Crippen LogP contribution in [0.2, 0.25) is 0 Å². The molecule has 0 unspecified atom stereocenters. The van der Waals surface area contributed by atoms with Crippen molar-refractivity contribution in [2.24, 2.45) is 7.05 Å². The number of aryl methyl sites for hydroxylation is 2. The Morgan fingerprint density at radius 3 is 2.69 bits per heavy atom. The van der Waals surface area contributed by atoms with Gasteiger partial charge in [0, 0.05) is 32.3 Å². The average molecular weight is 402 g/mol. The number of carbonyl (C=O) groups excluding carboxylic acids is 1. The molecule has 0 bridgehead atoms. The first-order chi connectivity index (χ1) is 14.0. The van der Waals surface area contributed by atoms with Crippen molar-refractivity contribution in [2.75, 3.05) is 0 Å². The number of hydrogen-bond acceptors (Lipinski definition) is 6. The highest BCUT2D eigenvalue weighted by Crippen LogP contribution is 2.35. The molecule has 8 heteroatoms. The number of thiazole rings is 1. The minimum Gasteiger partial charge on any atom is -0.319 e. The Morgan fingerprint density at radius 1 is 1.21 bits per heavy atom. The minimum atomic E-state index is -0.0289. The molecule has 0 saturated heterocycles. The smallest absolute Gasteiger partial charge is 0.188 e. The zero-order valence-electron chi connectivity index (χ0n) is 16.2. The van der Waals surface area contributed by atoms with Crippen molar-refractivity contribution in [1.29, 1.82) is 0 Å². The number of carbonyl (C=O) groups is 1. The third-order valence-electron chi connectivity index (χ3n) is 4.99. The lowest BCUT2D eigenvalue weighted by Gasteiger charge is -2.08. The Balaban J connectivity index is 1.78. The number of aromatic nitrogens is 6. The van der Waals surface area contributed by atoms with E-state index >= 15 is 0 Å². The predicted molar refractivity (Wildman–Crippen MR) is 113 cm³/mol. The van der Waals surface area contributed by atoms with Gasteiger partial charge in [-0.2, -0.15) is 0 Å². The van der Waals surface area contributed by atoms with Crippen LogP contribution in [-0.2, 0) is 13.6 Å². The van der Waals surface area contributed by atoms with Crippen LogP contribution in [0.1, 0.15) is 28.0 Å². The van der Waals surface area contributed by atoms with Crippen LogP contribution in [0.15, 0.2) is 42.6 Å². The highest BCUT2D eigenvalue weighted by atomic mass is 32.1. The average Bonchev–Trinajstić information content (AvgIpc) is 3.37. The lowest BCUT2D eigenvalue weighted by molar-refractivity contribution is 0.101. The maximum atomic E-state index is 11.9. The van der Waals surface area contributed by atoms with Gasteiger partial charge in [0.25, 0.3) is 0 Å². The van der Waals surface area contributed by atoms with E-state index in [1.165, 1.54) is 11.3 Å². The highest BCUT2D eigenvalue weighted by molar-refractivity contribution is 7.21. The summed E-state index contributed by atoms with van der Waals surface area (Å²) < 4.78 is 4.84. The van der Waals surface area contributed by atoms with Crippen molar-refractivity contribution in [3.8, 4) is 11.3 Å². The molecule has 0 aliphatic carbocycles. The van der Waals surface area contributed by atoms with E-state index < -0.39 is 0 Å². The summed E-state index contributed by atoms with van der Waals surface area (Å²) in [6.45, 7) is 4.13. The zero-order valence-corrected chi connectivity index (χ0v) is 17.1. The van der Waals surface area contributed by atoms with Crippen molar-refractivity contribution in [3.63, 3.8) is 0 Å². The fourth-order valence-electron chi connectivity index (χ4n) is 3.66. The zero-order chi connectivity index (χ0) is 20.1. The predicted octanol–water partition coefficient (Wildman–Crippen LogP) is 4.00. The monoisotopic (exact) mass is 402 g/mol. The first kappa shape index (κ1) is 17.7. The second-order valence-corrected chi connectivity index (χ2v) is 8.04. The first-order valence-electron chi connectivity index (χ1n) is 9.23. The van der Waals surface area contributed by atoms with Gasteiger partial charge in [-0.05, 0) is 18.6 Å². The summed E-state index contributed by atoms with van der Waals surface area (Å²) in [5.74, 6) is -0.0289. The number of ketones is 1. The Hall–Kier alpha value is -3.39. The van der Waals surface area contributed by atoms with E-state index in [1.807, 2.05) is 38.4 Å². The van der Waals surface area contributed by atoms with Gasteiger partial charge in [0.15, 0.2) is 16.4 Å². The van der Waals surface area contributed by atoms with Gasteiger partial charge in [0.2, 0.25) is 0 Å². The van der Waals surface area contributed by atoms with E-state index in [-0.39, 0.29) is 5.78 Å². The van der Waals surface area contributed by atoms with Crippen LogP contribution in [-0.4, -0.2) is 35.3 Å². The van der Waals surface area contributed by atoms with Gasteiger partial charge in [-0.25, -0.2) is 9.67 Å². The summed E-state index contributed by atoms with van der Waals surface area (Å²) in [5.41, 5.74) is 6.54. The first-order valence-corrected chi connectivity index (χ1v) is 10.0. The Bertz CT molecular complexity index is 1360. The number of benzene rings is 1. The fourth-order valence-corrected chi connectivity index (χ4v) is 4.63. The van der Waals surface area contributed by atoms with E-state index in [0.29, 0.717) is 11.6 Å². The quantitative estimate of drug-likeness (QED) is 0.425. The van der Waals surface area contributed by atoms with Crippen LogP contribution in [0.25, 0.3) is 32.6 Å². The molecule has 1 aromatic carbocycles. The summed E-state index contributed by atoms with van der Waals surface area (Å²) in [4.78, 5) is 21.3. The van der Waals surface area contributed by atoms with Gasteiger partial charge in [0.05, 0.1) is 16.9 Å². The third kappa shape index (κ3) is 2.84. The normalized spacial score (nSPS) is 11.6. The molecule has 0 aliphatic heterocycles. The van der Waals surface area contributed by atoms with Gasteiger partial charge >= 0.3 is 0 Å². The molecule has 0 aliphatic rings. The van der Waals surface area contributed by atoms with Crippen LogP contribution in [0, 0.1) is 6.92 Å². The summed E-state index contributed by atoms with van der Waals surface area (Å²) in [6.07, 6.45) is 1.84. The molecule has 4 aromatic heterocycles. The summed E-state index contributed by atoms with van der Waals surface area (Å²) in [6, 6.07) is 12.3. The van der Waals surface area contributed by atoms with Gasteiger partial charge in [0.1, 0.15) is 10.2 Å². The van der Waals surface area contributed by atoms with E-state index in [2.05, 4.69) is 38.1 Å². The standard InChI is InChI=1S/C21H18N6OS/c1-12-18(26(3)25-24-12)15-9-16-17(22-10-15)19-20(23-21(29-19)13(2)28)27(16)11-14-7-5-4-6-8-14/h4-10H,11H2,1-3H3. The molecule has 4 heterocycles. The van der Waals surface area contributed by atoms with Crippen molar-refractivity contribution in [3.05, 3.63) is 58.9 Å². The molecule has 0 saturated carbocycles. The fraction of sp³-hybridized carbons (Fsp3) is 0.190. The molecule has 0 amide bonds. The summed E-state index contributed by atoms with van der Waals surface area (Å²) >= 11 is 1.40. The van der Waals surface area contributed by atoms with Crippen molar-refractivity contribution in [2.45, 2.75) is 20.4 Å². The van der Waals surface area contributed by atoms with Gasteiger partial charge in [-0.15, -0.1) is 16.4 Å². The van der Waals surface area contributed by atoms with Gasteiger partial charge in [-0.1, -0.05) is 35.5 Å². The third-order valence-corrected chi connectivity index (χ3v) is 6.14. The Kier molecular flexibility index (Phi) is 4.02. The second-order valence-electron chi connectivity index (χ2n) is 7.04. The molecule has 5 aromatic rings. The Morgan fingerprint density at radius 2 is 2.00 bits per heavy atom. The van der Waals surface area contributed by atoms with Gasteiger partial charge in [-0.3, -0.25) is 9.78 Å². The number of fused-ring (bicyclic) bond motifs is 3. The van der Waals surface area contributed by atoms with Crippen LogP contribution in [0.4, 0.5) is 0 Å². The molecular formula is C21H18N6OS. The number of Topliss-reactive ketones (excluding diaryl/α,β-unsaturated/α-hetero) is 1. The number of pyridine rings is 1. The SMILES string of the molecule is CC(=O)c1nc2c(s1)c1ncc(-c3c(C)nnn3C)cc1n2Cc1ccccc1. The molecule has 0 atom stereocenters. The highest BCUT2D eigenvalue weighted by Gasteiger charge is 2.20. The lowest BCUT2D eigenvalue weighted by atomic mass is 10.1. The molecule has 7 nitrogen and oxygen atoms in total. The summed E-state index contributed by atoms with van der Waals surface area (Å²) in [7, 11) is 1.88. The van der Waals surface area contributed by atoms with Crippen LogP contribution >= 0.6 is 11.3 Å². The van der Waals surface area contributed by atoms with E-state index in [9.17, 15) is 4.79 Å². The number of rotatable bonds is 4. The molecule has 0 radical (unpaired) electrons. The molecular weight excluding hydrogens is 384 g/mol. The summed E-state index contributed by atoms with van der Waals surface area (Å²) in [5, 5.41) is 8.78. The van der Waals surface area contributed by atoms with E-state index in [4.69, 9.17) is 4.98 Å². The van der Waals surface area contributed by atoms with Crippen molar-refractivity contribution in [1.82, 2.24) is 29.5 Å². The molecule has 0 spiro atoms. The van der Waals surface area contributed by atoms with E-state index in [0.717, 1.165) is 43.9 Å². The van der Waals surface area contributed by atoms with E-state index in [1.54, 1.807) is 11.6 Å². The second kappa shape index (κ2) is 6.59. The maximum Gasteiger partial charge on any atom is 0.188 e. The largest absolute Gasteiger partial charge is 0.319 e. The maximum absolute atomic E-state index is 11.9. The minimum absolute atomic E-state index is 0.0289.